The highest BCUT2D eigenvalue weighted by atomic mass is 17.0. The van der Waals surface area contributed by atoms with Crippen molar-refractivity contribution >= 4 is 11.9 Å². The third-order valence-corrected chi connectivity index (χ3v) is 0.743. The van der Waals surface area contributed by atoms with Crippen LogP contribution >= 0.6 is 0 Å². The highest BCUT2D eigenvalue weighted by molar-refractivity contribution is 5.67. The lowest BCUT2D eigenvalue weighted by Crippen LogP contribution is -2.31. The van der Waals surface area contributed by atoms with Crippen LogP contribution in [0, 0.1) is 0 Å². The second-order valence-corrected chi connectivity index (χ2v) is 1.95. The van der Waals surface area contributed by atoms with Gasteiger partial charge in [0.25, 0.3) is 0 Å². The van der Waals surface area contributed by atoms with Crippen molar-refractivity contribution in [2.45, 2.75) is 13.8 Å². The molecule has 0 saturated heterocycles. The summed E-state index contributed by atoms with van der Waals surface area (Å²) in [7, 11) is 0. The fourth-order valence-electron chi connectivity index (χ4n) is 0.478. The summed E-state index contributed by atoms with van der Waals surface area (Å²) in [4.78, 5) is 29.5. The Labute approximate surface area is 69.6 Å². The van der Waals surface area contributed by atoms with Crippen LogP contribution in [-0.2, 0) is 19.3 Å². The van der Waals surface area contributed by atoms with E-state index < -0.39 is 11.9 Å². The Bertz CT molecular complexity index is 153. The zero-order valence-electron chi connectivity index (χ0n) is 6.94. The molecular formula is C6H11NO5. The average molecular weight is 177 g/mol. The number of hydrogen-bond acceptors (Lipinski definition) is 6. The summed E-state index contributed by atoms with van der Waals surface area (Å²) in [6.45, 7) is 1.97. The van der Waals surface area contributed by atoms with E-state index >= 15 is 0 Å². The fraction of sp³-hybridized carbons (Fsp3) is 0.667. The van der Waals surface area contributed by atoms with Gasteiger partial charge in [-0.2, -0.15) is 0 Å². The minimum Gasteiger partial charge on any atom is -0.395 e. The number of aliphatic hydroxyl groups excluding tert-OH is 1. The van der Waals surface area contributed by atoms with Crippen LogP contribution in [0.25, 0.3) is 0 Å². The van der Waals surface area contributed by atoms with Crippen molar-refractivity contribution in [1.82, 2.24) is 5.23 Å². The van der Waals surface area contributed by atoms with Gasteiger partial charge in [0, 0.05) is 19.1 Å². The summed E-state index contributed by atoms with van der Waals surface area (Å²) in [6, 6.07) is 0. The van der Waals surface area contributed by atoms with Crippen molar-refractivity contribution in [3.63, 3.8) is 0 Å². The number of rotatable bonds is 4. The number of carbonyl (C=O) groups excluding carboxylic acids is 2. The first kappa shape index (κ1) is 10.9. The summed E-state index contributed by atoms with van der Waals surface area (Å²) >= 11 is 0. The van der Waals surface area contributed by atoms with E-state index in [1.54, 1.807) is 0 Å². The molecule has 0 aromatic rings. The molecule has 0 rings (SSSR count). The zero-order valence-corrected chi connectivity index (χ0v) is 6.94. The molecular weight excluding hydrogens is 166 g/mol. The largest absolute Gasteiger partial charge is 0.395 e. The third kappa shape index (κ3) is 5.63. The first-order chi connectivity index (χ1) is 5.56. The van der Waals surface area contributed by atoms with Gasteiger partial charge in [0.1, 0.15) is 0 Å². The molecule has 12 heavy (non-hydrogen) atoms. The number of aliphatic hydroxyl groups is 1. The van der Waals surface area contributed by atoms with E-state index in [0.29, 0.717) is 5.23 Å². The molecule has 0 amide bonds. The van der Waals surface area contributed by atoms with Crippen LogP contribution in [0.3, 0.4) is 0 Å². The number of nitrogens with zero attached hydrogens (tertiary/aromatic N) is 1. The van der Waals surface area contributed by atoms with Gasteiger partial charge < -0.3 is 14.8 Å². The molecule has 0 heterocycles. The van der Waals surface area contributed by atoms with Crippen LogP contribution in [0.1, 0.15) is 13.8 Å². The van der Waals surface area contributed by atoms with Crippen molar-refractivity contribution in [3.8, 4) is 0 Å². The fourth-order valence-corrected chi connectivity index (χ4v) is 0.478. The molecule has 70 valence electrons. The molecule has 0 spiro atoms. The minimum absolute atomic E-state index is 0.0703. The Hall–Kier alpha value is -1.14. The molecule has 0 aromatic heterocycles. The van der Waals surface area contributed by atoms with Gasteiger partial charge in [-0.05, 0) is 0 Å². The number of carbonyl (C=O) groups is 2. The highest BCUT2D eigenvalue weighted by Gasteiger charge is 2.10. The minimum atomic E-state index is -0.621. The second-order valence-electron chi connectivity index (χ2n) is 1.95. The summed E-state index contributed by atoms with van der Waals surface area (Å²) < 4.78 is 0. The smallest absolute Gasteiger partial charge is 0.326 e. The summed E-state index contributed by atoms with van der Waals surface area (Å²) in [5.74, 6) is -1.24. The Morgan fingerprint density at radius 2 is 1.67 bits per heavy atom. The van der Waals surface area contributed by atoms with Crippen LogP contribution in [0.5, 0.6) is 0 Å². The van der Waals surface area contributed by atoms with Gasteiger partial charge in [0.15, 0.2) is 0 Å². The molecule has 0 saturated carbocycles. The highest BCUT2D eigenvalue weighted by Crippen LogP contribution is 1.92. The van der Waals surface area contributed by atoms with E-state index in [4.69, 9.17) is 5.11 Å². The molecule has 0 bridgehead atoms. The van der Waals surface area contributed by atoms with Crippen molar-refractivity contribution in [1.29, 1.82) is 0 Å². The van der Waals surface area contributed by atoms with Gasteiger partial charge in [0.2, 0.25) is 0 Å². The Kier molecular flexibility index (Phi) is 4.98. The molecule has 6 nitrogen and oxygen atoms in total. The van der Waals surface area contributed by atoms with Gasteiger partial charge in [-0.25, -0.2) is 0 Å². The average Bonchev–Trinajstić information content (AvgIpc) is 1.84. The summed E-state index contributed by atoms with van der Waals surface area (Å²) in [6.07, 6.45) is 0. The normalized spacial score (nSPS) is 9.67. The van der Waals surface area contributed by atoms with E-state index in [0.717, 1.165) is 13.8 Å². The molecule has 0 aliphatic carbocycles. The molecule has 0 atom stereocenters. The maximum atomic E-state index is 10.4. The summed E-state index contributed by atoms with van der Waals surface area (Å²) in [5.41, 5.74) is 0. The lowest BCUT2D eigenvalue weighted by molar-refractivity contribution is -0.324. The summed E-state index contributed by atoms with van der Waals surface area (Å²) in [5, 5.41) is 9.07. The number of hydroxylamine groups is 2. The maximum Gasteiger partial charge on any atom is 0.326 e. The van der Waals surface area contributed by atoms with Crippen molar-refractivity contribution < 1.29 is 24.4 Å². The van der Waals surface area contributed by atoms with E-state index in [1.165, 1.54) is 0 Å². The van der Waals surface area contributed by atoms with Gasteiger partial charge in [-0.1, -0.05) is 0 Å². The molecule has 6 heteroatoms. The second kappa shape index (κ2) is 5.50. The maximum absolute atomic E-state index is 10.4. The van der Waals surface area contributed by atoms with Crippen LogP contribution < -0.4 is 0 Å². The van der Waals surface area contributed by atoms with E-state index in [2.05, 4.69) is 9.68 Å². The van der Waals surface area contributed by atoms with Crippen LogP contribution in [0.2, 0.25) is 0 Å². The van der Waals surface area contributed by atoms with Crippen LogP contribution in [0.4, 0.5) is 0 Å². The topological polar surface area (TPSA) is 76.1 Å². The van der Waals surface area contributed by atoms with Gasteiger partial charge >= 0.3 is 11.9 Å². The van der Waals surface area contributed by atoms with E-state index in [-0.39, 0.29) is 13.2 Å². The van der Waals surface area contributed by atoms with Gasteiger partial charge in [0.05, 0.1) is 13.2 Å². The molecule has 0 aliphatic heterocycles. The van der Waals surface area contributed by atoms with Crippen molar-refractivity contribution in [3.05, 3.63) is 0 Å². The Morgan fingerprint density at radius 1 is 1.25 bits per heavy atom. The van der Waals surface area contributed by atoms with E-state index in [1.807, 2.05) is 0 Å². The van der Waals surface area contributed by atoms with Crippen molar-refractivity contribution in [2.75, 3.05) is 13.2 Å². The predicted molar refractivity (Wildman–Crippen MR) is 37.3 cm³/mol. The molecule has 1 N–H and O–H groups in total. The monoisotopic (exact) mass is 177 g/mol. The van der Waals surface area contributed by atoms with Crippen LogP contribution in [0.15, 0.2) is 0 Å². The molecule has 0 aliphatic rings. The van der Waals surface area contributed by atoms with Crippen LogP contribution in [-0.4, -0.2) is 35.4 Å². The third-order valence-electron chi connectivity index (χ3n) is 0.743. The molecule has 0 radical (unpaired) electrons. The first-order valence-electron chi connectivity index (χ1n) is 3.31. The predicted octanol–water partition coefficient (Wildman–Crippen LogP) is -0.763. The number of hydrogen-bond donors (Lipinski definition) is 1. The molecule has 0 unspecified atom stereocenters. The molecule has 0 aromatic carbocycles. The van der Waals surface area contributed by atoms with Gasteiger partial charge in [-0.15, -0.1) is 0 Å². The standard InChI is InChI=1S/C6H11NO5/c1-5(9)11-7(3-4-8)12-6(2)10/h8H,3-4H2,1-2H3. The van der Waals surface area contributed by atoms with E-state index in [9.17, 15) is 9.59 Å². The quantitative estimate of drug-likeness (QED) is 0.568. The SMILES string of the molecule is CC(=O)ON(CCO)OC(C)=O. The Balaban J connectivity index is 3.85. The van der Waals surface area contributed by atoms with Crippen molar-refractivity contribution in [2.24, 2.45) is 0 Å². The Morgan fingerprint density at radius 3 is 1.92 bits per heavy atom. The van der Waals surface area contributed by atoms with Gasteiger partial charge in [-0.3, -0.25) is 9.59 Å². The lowest BCUT2D eigenvalue weighted by Gasteiger charge is -2.16. The molecule has 0 fully saturated rings. The lowest BCUT2D eigenvalue weighted by atomic mass is 10.7. The zero-order chi connectivity index (χ0) is 9.56. The first-order valence-corrected chi connectivity index (χ1v) is 3.31.